The van der Waals surface area contributed by atoms with Gasteiger partial charge in [-0.1, -0.05) is 11.6 Å². The van der Waals surface area contributed by atoms with Crippen LogP contribution in [0.2, 0.25) is 5.02 Å². The molecule has 140 valence electrons. The van der Waals surface area contributed by atoms with Crippen LogP contribution in [0.1, 0.15) is 26.3 Å². The topological polar surface area (TPSA) is 86.5 Å². The van der Waals surface area contributed by atoms with Gasteiger partial charge in [-0.25, -0.2) is 9.18 Å². The van der Waals surface area contributed by atoms with Crippen LogP contribution >= 0.6 is 11.6 Å². The van der Waals surface area contributed by atoms with Gasteiger partial charge in [0.2, 0.25) is 0 Å². The van der Waals surface area contributed by atoms with Crippen molar-refractivity contribution >= 4 is 29.0 Å². The number of hydrogen-bond donors (Lipinski definition) is 0. The number of ether oxygens (including phenoxy) is 1. The Morgan fingerprint density at radius 2 is 1.50 bits per heavy atom. The highest BCUT2D eigenvalue weighted by Crippen LogP contribution is 2.25. The molecule has 6 nitrogen and oxygen atoms in total. The number of nitro benzene ring substituents is 1. The summed E-state index contributed by atoms with van der Waals surface area (Å²) in [6, 6.07) is 14.3. The summed E-state index contributed by atoms with van der Waals surface area (Å²) in [5.41, 5.74) is -0.109. The Kier molecular flexibility index (Phi) is 5.47. The van der Waals surface area contributed by atoms with Crippen LogP contribution in [0.5, 0.6) is 5.75 Å². The average Bonchev–Trinajstić information content (AvgIpc) is 2.68. The van der Waals surface area contributed by atoms with Gasteiger partial charge in [-0.15, -0.1) is 0 Å². The lowest BCUT2D eigenvalue weighted by Crippen LogP contribution is -2.11. The number of rotatable bonds is 5. The minimum Gasteiger partial charge on any atom is -0.423 e. The van der Waals surface area contributed by atoms with Gasteiger partial charge in [0.15, 0.2) is 5.78 Å². The molecule has 0 saturated carbocycles. The number of ketones is 1. The Morgan fingerprint density at radius 1 is 0.929 bits per heavy atom. The van der Waals surface area contributed by atoms with Gasteiger partial charge < -0.3 is 4.74 Å². The lowest BCUT2D eigenvalue weighted by atomic mass is 10.0. The molecule has 0 fully saturated rings. The lowest BCUT2D eigenvalue weighted by molar-refractivity contribution is -0.385. The molecule has 0 atom stereocenters. The number of nitro groups is 1. The molecule has 0 aliphatic carbocycles. The van der Waals surface area contributed by atoms with Crippen molar-refractivity contribution in [1.82, 2.24) is 0 Å². The van der Waals surface area contributed by atoms with Gasteiger partial charge >= 0.3 is 5.97 Å². The van der Waals surface area contributed by atoms with Crippen molar-refractivity contribution in [2.45, 2.75) is 0 Å². The first-order valence-electron chi connectivity index (χ1n) is 7.91. The van der Waals surface area contributed by atoms with E-state index in [1.807, 2.05) is 0 Å². The van der Waals surface area contributed by atoms with E-state index >= 15 is 0 Å². The molecule has 0 radical (unpaired) electrons. The first kappa shape index (κ1) is 19.2. The van der Waals surface area contributed by atoms with Crippen molar-refractivity contribution in [3.8, 4) is 5.75 Å². The second-order valence-electron chi connectivity index (χ2n) is 5.67. The predicted molar refractivity (Wildman–Crippen MR) is 99.3 cm³/mol. The summed E-state index contributed by atoms with van der Waals surface area (Å²) in [7, 11) is 0. The monoisotopic (exact) mass is 399 g/mol. The number of carbonyl (C=O) groups is 2. The summed E-state index contributed by atoms with van der Waals surface area (Å²) < 4.78 is 18.1. The van der Waals surface area contributed by atoms with E-state index in [9.17, 15) is 24.1 Å². The van der Waals surface area contributed by atoms with Crippen molar-refractivity contribution in [3.63, 3.8) is 0 Å². The molecule has 0 spiro atoms. The Balaban J connectivity index is 1.78. The zero-order valence-electron chi connectivity index (χ0n) is 14.1. The van der Waals surface area contributed by atoms with E-state index < -0.39 is 22.4 Å². The van der Waals surface area contributed by atoms with Crippen molar-refractivity contribution in [2.24, 2.45) is 0 Å². The minimum atomic E-state index is -0.952. The van der Waals surface area contributed by atoms with E-state index in [0.29, 0.717) is 11.1 Å². The van der Waals surface area contributed by atoms with E-state index in [4.69, 9.17) is 16.3 Å². The van der Waals surface area contributed by atoms with Crippen molar-refractivity contribution < 1.29 is 23.6 Å². The number of halogens is 2. The molecule has 3 aromatic carbocycles. The molecule has 0 saturated heterocycles. The summed E-state index contributed by atoms with van der Waals surface area (Å²) in [4.78, 5) is 35.0. The van der Waals surface area contributed by atoms with Crippen LogP contribution in [0.15, 0.2) is 66.7 Å². The van der Waals surface area contributed by atoms with Crippen LogP contribution in [-0.4, -0.2) is 16.7 Å². The Hall–Kier alpha value is -3.58. The third kappa shape index (κ3) is 4.21. The van der Waals surface area contributed by atoms with Crippen LogP contribution in [0.3, 0.4) is 0 Å². The highest BCUT2D eigenvalue weighted by atomic mass is 35.5. The van der Waals surface area contributed by atoms with Crippen molar-refractivity contribution in [1.29, 1.82) is 0 Å². The predicted octanol–water partition coefficient (Wildman–Crippen LogP) is 4.84. The number of nitrogens with zero attached hydrogens (tertiary/aromatic N) is 1. The van der Waals surface area contributed by atoms with Crippen molar-refractivity contribution in [2.75, 3.05) is 0 Å². The summed E-state index contributed by atoms with van der Waals surface area (Å²) in [6.07, 6.45) is 0. The standard InChI is InChI=1S/C20H11ClFNO5/c21-14-5-10-18(23(26)27)17(11-14)20(25)28-16-8-3-13(4-9-16)19(24)12-1-6-15(22)7-2-12/h1-11H. The van der Waals surface area contributed by atoms with Crippen LogP contribution in [0, 0.1) is 15.9 Å². The molecule has 0 N–H and O–H groups in total. The van der Waals surface area contributed by atoms with E-state index in [0.717, 1.165) is 12.1 Å². The maximum Gasteiger partial charge on any atom is 0.350 e. The second kappa shape index (κ2) is 7.98. The van der Waals surface area contributed by atoms with Gasteiger partial charge in [0.25, 0.3) is 5.69 Å². The van der Waals surface area contributed by atoms with E-state index in [1.165, 1.54) is 54.6 Å². The zero-order valence-corrected chi connectivity index (χ0v) is 14.9. The van der Waals surface area contributed by atoms with Gasteiger partial charge in [-0.05, 0) is 60.7 Å². The van der Waals surface area contributed by atoms with Crippen molar-refractivity contribution in [3.05, 3.63) is 104 Å². The molecule has 8 heteroatoms. The third-order valence-corrected chi connectivity index (χ3v) is 4.04. The maximum absolute atomic E-state index is 13.0. The van der Waals surface area contributed by atoms with Crippen LogP contribution < -0.4 is 4.74 Å². The quantitative estimate of drug-likeness (QED) is 0.201. The molecule has 28 heavy (non-hydrogen) atoms. The zero-order chi connectivity index (χ0) is 20.3. The van der Waals surface area contributed by atoms with E-state index in [-0.39, 0.29) is 22.1 Å². The molecule has 0 bridgehead atoms. The molecule has 0 unspecified atom stereocenters. The van der Waals surface area contributed by atoms with Gasteiger partial charge in [0.05, 0.1) is 4.92 Å². The van der Waals surface area contributed by atoms with Crippen LogP contribution in [0.25, 0.3) is 0 Å². The molecule has 0 aliphatic heterocycles. The molecule has 0 aromatic heterocycles. The Morgan fingerprint density at radius 3 is 2.07 bits per heavy atom. The SMILES string of the molecule is O=C(c1ccc(F)cc1)c1ccc(OC(=O)c2cc(Cl)ccc2[N+](=O)[O-])cc1. The number of hydrogen-bond acceptors (Lipinski definition) is 5. The molecule has 0 amide bonds. The summed E-state index contributed by atoms with van der Waals surface area (Å²) >= 11 is 5.80. The molecule has 3 rings (SSSR count). The molecule has 0 aliphatic rings. The first-order valence-corrected chi connectivity index (χ1v) is 8.29. The van der Waals surface area contributed by atoms with E-state index in [2.05, 4.69) is 0 Å². The number of esters is 1. The fourth-order valence-electron chi connectivity index (χ4n) is 2.44. The fraction of sp³-hybridized carbons (Fsp3) is 0. The second-order valence-corrected chi connectivity index (χ2v) is 6.10. The normalized spacial score (nSPS) is 10.4. The van der Waals surface area contributed by atoms with Gasteiger partial charge in [0.1, 0.15) is 17.1 Å². The number of carbonyl (C=O) groups excluding carboxylic acids is 2. The molecular formula is C20H11ClFNO5. The molecule has 0 heterocycles. The summed E-state index contributed by atoms with van der Waals surface area (Å²) in [6.45, 7) is 0. The maximum atomic E-state index is 13.0. The van der Waals surface area contributed by atoms with Gasteiger partial charge in [-0.3, -0.25) is 14.9 Å². The Bertz CT molecular complexity index is 1060. The minimum absolute atomic E-state index is 0.0925. The third-order valence-electron chi connectivity index (χ3n) is 3.81. The smallest absolute Gasteiger partial charge is 0.350 e. The van der Waals surface area contributed by atoms with Gasteiger partial charge in [0, 0.05) is 22.2 Å². The number of benzene rings is 3. The summed E-state index contributed by atoms with van der Waals surface area (Å²) in [5, 5.41) is 11.2. The van der Waals surface area contributed by atoms with Crippen LogP contribution in [0.4, 0.5) is 10.1 Å². The van der Waals surface area contributed by atoms with Crippen LogP contribution in [-0.2, 0) is 0 Å². The fourth-order valence-corrected chi connectivity index (χ4v) is 2.61. The first-order chi connectivity index (χ1) is 13.3. The molecular weight excluding hydrogens is 389 g/mol. The Labute approximate surface area is 163 Å². The highest BCUT2D eigenvalue weighted by Gasteiger charge is 2.22. The summed E-state index contributed by atoms with van der Waals surface area (Å²) in [5.74, 6) is -1.64. The molecule has 3 aromatic rings. The average molecular weight is 400 g/mol. The highest BCUT2D eigenvalue weighted by molar-refractivity contribution is 6.31. The lowest BCUT2D eigenvalue weighted by Gasteiger charge is -2.07. The van der Waals surface area contributed by atoms with E-state index in [1.54, 1.807) is 0 Å². The van der Waals surface area contributed by atoms with Gasteiger partial charge in [-0.2, -0.15) is 0 Å². The largest absolute Gasteiger partial charge is 0.423 e.